The van der Waals surface area contributed by atoms with E-state index in [4.69, 9.17) is 0 Å². The van der Waals surface area contributed by atoms with Gasteiger partial charge in [0.15, 0.2) is 0 Å². The summed E-state index contributed by atoms with van der Waals surface area (Å²) in [6.45, 7) is 0. The Kier molecular flexibility index (Phi) is 5.09. The van der Waals surface area contributed by atoms with Gasteiger partial charge in [-0.05, 0) is 24.1 Å². The van der Waals surface area contributed by atoms with Gasteiger partial charge >= 0.3 is 0 Å². The molecule has 4 heteroatoms. The fraction of sp³-hybridized carbons (Fsp3) is 0.400. The molecule has 2 unspecified atom stereocenters. The molecule has 0 aromatic heterocycles. The van der Waals surface area contributed by atoms with Crippen LogP contribution in [-0.4, -0.2) is 21.6 Å². The summed E-state index contributed by atoms with van der Waals surface area (Å²) in [4.78, 5) is 0. The standard InChI is InChI=1S/C10H12Br2O2/c11-6-5-9(13)10(14)7-1-3-8(12)4-2-7/h1-4,9-10,13-14H,5-6H2. The van der Waals surface area contributed by atoms with Gasteiger partial charge in [0.2, 0.25) is 0 Å². The third-order valence-corrected chi connectivity index (χ3v) is 2.97. The highest BCUT2D eigenvalue weighted by molar-refractivity contribution is 9.10. The number of alkyl halides is 1. The highest BCUT2D eigenvalue weighted by Crippen LogP contribution is 2.21. The Bertz CT molecular complexity index is 274. The molecular weight excluding hydrogens is 312 g/mol. The van der Waals surface area contributed by atoms with Crippen molar-refractivity contribution in [1.82, 2.24) is 0 Å². The van der Waals surface area contributed by atoms with E-state index >= 15 is 0 Å². The van der Waals surface area contributed by atoms with E-state index in [0.717, 1.165) is 10.0 Å². The number of aliphatic hydroxyl groups excluding tert-OH is 2. The molecule has 0 fully saturated rings. The molecule has 0 aliphatic heterocycles. The highest BCUT2D eigenvalue weighted by atomic mass is 79.9. The molecule has 0 aliphatic rings. The predicted octanol–water partition coefficient (Wildman–Crippen LogP) is 2.63. The molecular formula is C10H12Br2O2. The molecule has 0 radical (unpaired) electrons. The number of rotatable bonds is 4. The molecule has 1 aromatic carbocycles. The first kappa shape index (κ1) is 12.2. The topological polar surface area (TPSA) is 40.5 Å². The van der Waals surface area contributed by atoms with Crippen LogP contribution < -0.4 is 0 Å². The van der Waals surface area contributed by atoms with Crippen LogP contribution in [0.1, 0.15) is 18.1 Å². The Morgan fingerprint density at radius 3 is 2.21 bits per heavy atom. The smallest absolute Gasteiger partial charge is 0.105 e. The molecule has 0 heterocycles. The van der Waals surface area contributed by atoms with Crippen LogP contribution in [0.5, 0.6) is 0 Å². The minimum atomic E-state index is -0.805. The fourth-order valence-corrected chi connectivity index (χ4v) is 1.89. The molecule has 0 aliphatic carbocycles. The maximum atomic E-state index is 9.72. The first-order chi connectivity index (χ1) is 6.65. The van der Waals surface area contributed by atoms with Crippen LogP contribution in [0.25, 0.3) is 0 Å². The largest absolute Gasteiger partial charge is 0.390 e. The minimum Gasteiger partial charge on any atom is -0.390 e. The fourth-order valence-electron chi connectivity index (χ4n) is 1.15. The van der Waals surface area contributed by atoms with E-state index in [1.165, 1.54) is 0 Å². The summed E-state index contributed by atoms with van der Waals surface area (Å²) >= 11 is 6.53. The summed E-state index contributed by atoms with van der Waals surface area (Å²) in [5, 5.41) is 20.0. The molecule has 1 rings (SSSR count). The molecule has 0 bridgehead atoms. The van der Waals surface area contributed by atoms with Crippen LogP contribution in [0.15, 0.2) is 28.7 Å². The first-order valence-corrected chi connectivity index (χ1v) is 6.24. The van der Waals surface area contributed by atoms with E-state index in [9.17, 15) is 10.2 Å². The Balaban J connectivity index is 2.68. The lowest BCUT2D eigenvalue weighted by Gasteiger charge is -2.17. The summed E-state index contributed by atoms with van der Waals surface area (Å²) < 4.78 is 0.962. The minimum absolute atomic E-state index is 0.539. The van der Waals surface area contributed by atoms with Crippen molar-refractivity contribution < 1.29 is 10.2 Å². The number of hydrogen-bond acceptors (Lipinski definition) is 2. The zero-order valence-electron chi connectivity index (χ0n) is 7.53. The quantitative estimate of drug-likeness (QED) is 0.836. The van der Waals surface area contributed by atoms with Gasteiger partial charge in [-0.3, -0.25) is 0 Å². The Hall–Kier alpha value is 0.100. The SMILES string of the molecule is OC(CCBr)C(O)c1ccc(Br)cc1. The lowest BCUT2D eigenvalue weighted by Crippen LogP contribution is -2.18. The van der Waals surface area contributed by atoms with Crippen LogP contribution >= 0.6 is 31.9 Å². The summed E-state index contributed by atoms with van der Waals surface area (Å²) in [5.74, 6) is 0. The number of halogens is 2. The number of aliphatic hydroxyl groups is 2. The maximum Gasteiger partial charge on any atom is 0.105 e. The van der Waals surface area contributed by atoms with E-state index in [0.29, 0.717) is 11.8 Å². The second kappa shape index (κ2) is 5.85. The third kappa shape index (κ3) is 3.35. The van der Waals surface area contributed by atoms with Gasteiger partial charge < -0.3 is 10.2 Å². The predicted molar refractivity (Wildman–Crippen MR) is 63.5 cm³/mol. The van der Waals surface area contributed by atoms with Crippen LogP contribution in [0, 0.1) is 0 Å². The highest BCUT2D eigenvalue weighted by Gasteiger charge is 2.16. The van der Waals surface area contributed by atoms with Crippen LogP contribution in [0.3, 0.4) is 0 Å². The lowest BCUT2D eigenvalue weighted by molar-refractivity contribution is 0.0173. The zero-order chi connectivity index (χ0) is 10.6. The Labute approximate surface area is 100 Å². The van der Waals surface area contributed by atoms with Gasteiger partial charge in [-0.25, -0.2) is 0 Å². The monoisotopic (exact) mass is 322 g/mol. The molecule has 2 nitrogen and oxygen atoms in total. The molecule has 2 N–H and O–H groups in total. The molecule has 0 saturated heterocycles. The van der Waals surface area contributed by atoms with Gasteiger partial charge in [0.1, 0.15) is 6.10 Å². The van der Waals surface area contributed by atoms with Crippen LogP contribution in [-0.2, 0) is 0 Å². The van der Waals surface area contributed by atoms with Crippen molar-refractivity contribution in [2.45, 2.75) is 18.6 Å². The van der Waals surface area contributed by atoms with Crippen molar-refractivity contribution >= 4 is 31.9 Å². The van der Waals surface area contributed by atoms with Gasteiger partial charge in [0.25, 0.3) is 0 Å². The van der Waals surface area contributed by atoms with Crippen molar-refractivity contribution in [3.63, 3.8) is 0 Å². The maximum absolute atomic E-state index is 9.72. The first-order valence-electron chi connectivity index (χ1n) is 4.32. The summed E-state index contributed by atoms with van der Waals surface area (Å²) in [5.41, 5.74) is 0.738. The van der Waals surface area contributed by atoms with Gasteiger partial charge in [-0.2, -0.15) is 0 Å². The number of benzene rings is 1. The van der Waals surface area contributed by atoms with Gasteiger partial charge in [0, 0.05) is 9.80 Å². The lowest BCUT2D eigenvalue weighted by atomic mass is 10.0. The van der Waals surface area contributed by atoms with Crippen molar-refractivity contribution in [2.24, 2.45) is 0 Å². The molecule has 14 heavy (non-hydrogen) atoms. The van der Waals surface area contributed by atoms with Crippen molar-refractivity contribution in [1.29, 1.82) is 0 Å². The number of hydrogen-bond donors (Lipinski definition) is 2. The molecule has 0 saturated carbocycles. The van der Waals surface area contributed by atoms with E-state index < -0.39 is 12.2 Å². The molecule has 0 amide bonds. The van der Waals surface area contributed by atoms with E-state index in [2.05, 4.69) is 31.9 Å². The van der Waals surface area contributed by atoms with Crippen molar-refractivity contribution in [2.75, 3.05) is 5.33 Å². The molecule has 78 valence electrons. The molecule has 1 aromatic rings. The second-order valence-corrected chi connectivity index (χ2v) is 4.75. The van der Waals surface area contributed by atoms with Crippen molar-refractivity contribution in [3.05, 3.63) is 34.3 Å². The van der Waals surface area contributed by atoms with Crippen molar-refractivity contribution in [3.8, 4) is 0 Å². The van der Waals surface area contributed by atoms with Gasteiger partial charge in [-0.1, -0.05) is 44.0 Å². The summed E-state index contributed by atoms with van der Waals surface area (Å²) in [6, 6.07) is 7.29. The average molecular weight is 324 g/mol. The normalized spacial score (nSPS) is 15.1. The van der Waals surface area contributed by atoms with Gasteiger partial charge in [-0.15, -0.1) is 0 Å². The van der Waals surface area contributed by atoms with E-state index in [-0.39, 0.29) is 0 Å². The molecule has 2 atom stereocenters. The van der Waals surface area contributed by atoms with E-state index in [1.54, 1.807) is 12.1 Å². The van der Waals surface area contributed by atoms with Crippen LogP contribution in [0.4, 0.5) is 0 Å². The van der Waals surface area contributed by atoms with E-state index in [1.807, 2.05) is 12.1 Å². The second-order valence-electron chi connectivity index (χ2n) is 3.04. The van der Waals surface area contributed by atoms with Gasteiger partial charge in [0.05, 0.1) is 6.10 Å². The zero-order valence-corrected chi connectivity index (χ0v) is 10.7. The molecule has 0 spiro atoms. The summed E-state index contributed by atoms with van der Waals surface area (Å²) in [6.07, 6.45) is -0.978. The average Bonchev–Trinajstić information content (AvgIpc) is 2.18. The third-order valence-electron chi connectivity index (χ3n) is 1.98. The Morgan fingerprint density at radius 2 is 1.71 bits per heavy atom. The summed E-state index contributed by atoms with van der Waals surface area (Å²) in [7, 11) is 0. The Morgan fingerprint density at radius 1 is 1.14 bits per heavy atom. The van der Waals surface area contributed by atoms with Crippen LogP contribution in [0.2, 0.25) is 0 Å².